The molecule has 8 heteroatoms. The van der Waals surface area contributed by atoms with E-state index in [1.807, 2.05) is 42.6 Å². The zero-order chi connectivity index (χ0) is 22.0. The van der Waals surface area contributed by atoms with Gasteiger partial charge in [0.25, 0.3) is 11.1 Å². The highest BCUT2D eigenvalue weighted by Gasteiger charge is 2.36. The van der Waals surface area contributed by atoms with Crippen molar-refractivity contribution in [2.45, 2.75) is 19.9 Å². The molecule has 0 spiro atoms. The first-order valence-corrected chi connectivity index (χ1v) is 11.7. The number of nitrogens with zero attached hydrogens (tertiary/aromatic N) is 2. The van der Waals surface area contributed by atoms with E-state index in [0.717, 1.165) is 49.7 Å². The van der Waals surface area contributed by atoms with Gasteiger partial charge < -0.3 is 9.88 Å². The Morgan fingerprint density at radius 2 is 1.87 bits per heavy atom. The number of aromatic nitrogens is 1. The molecule has 1 fully saturated rings. The van der Waals surface area contributed by atoms with Crippen LogP contribution in [0.25, 0.3) is 17.0 Å². The number of carbonyl (C=O) groups excluding carboxylic acids is 3. The van der Waals surface area contributed by atoms with Gasteiger partial charge in [-0.25, -0.2) is 0 Å². The van der Waals surface area contributed by atoms with Crippen LogP contribution in [0.1, 0.15) is 18.9 Å². The van der Waals surface area contributed by atoms with Crippen LogP contribution in [0.3, 0.4) is 0 Å². The molecule has 0 atom stereocenters. The monoisotopic (exact) mass is 545 g/mol. The van der Waals surface area contributed by atoms with E-state index in [9.17, 15) is 14.4 Å². The van der Waals surface area contributed by atoms with Gasteiger partial charge in [0, 0.05) is 38.5 Å². The summed E-state index contributed by atoms with van der Waals surface area (Å²) in [4.78, 5) is 39.0. The minimum absolute atomic E-state index is 0.314. The maximum atomic E-state index is 12.8. The first-order valence-electron chi connectivity index (χ1n) is 9.85. The van der Waals surface area contributed by atoms with Gasteiger partial charge in [0.1, 0.15) is 6.54 Å². The third kappa shape index (κ3) is 4.69. The molecule has 0 unspecified atom stereocenters. The van der Waals surface area contributed by atoms with E-state index in [4.69, 9.17) is 0 Å². The van der Waals surface area contributed by atoms with E-state index in [2.05, 4.69) is 39.4 Å². The third-order valence-electron chi connectivity index (χ3n) is 4.87. The standard InChI is InChI=1S/C23H20IN3O3S/c1-2-11-26-13-15(18-5-3-4-6-19(18)26)12-20-22(29)27(23(30)31-20)14-21(28)25-17-9-7-16(24)8-10-17/h3-10,12-13H,2,11,14H2,1H3,(H,25,28)/b20-12-. The second-order valence-electron chi connectivity index (χ2n) is 7.12. The highest BCUT2D eigenvalue weighted by atomic mass is 127. The molecule has 1 aliphatic heterocycles. The van der Waals surface area contributed by atoms with Gasteiger partial charge in [-0.3, -0.25) is 19.3 Å². The lowest BCUT2D eigenvalue weighted by molar-refractivity contribution is -0.127. The van der Waals surface area contributed by atoms with Crippen molar-refractivity contribution in [1.82, 2.24) is 9.47 Å². The normalized spacial score (nSPS) is 15.3. The van der Waals surface area contributed by atoms with Crippen molar-refractivity contribution in [2.24, 2.45) is 0 Å². The van der Waals surface area contributed by atoms with Gasteiger partial charge in [0.2, 0.25) is 5.91 Å². The van der Waals surface area contributed by atoms with Crippen LogP contribution in [-0.2, 0) is 16.1 Å². The zero-order valence-corrected chi connectivity index (χ0v) is 19.8. The second-order valence-corrected chi connectivity index (χ2v) is 9.36. The van der Waals surface area contributed by atoms with Crippen LogP contribution in [-0.4, -0.2) is 33.1 Å². The summed E-state index contributed by atoms with van der Waals surface area (Å²) >= 11 is 3.04. The number of nitrogens with one attached hydrogen (secondary N) is 1. The van der Waals surface area contributed by atoms with Crippen molar-refractivity contribution in [3.63, 3.8) is 0 Å². The van der Waals surface area contributed by atoms with Gasteiger partial charge >= 0.3 is 0 Å². The summed E-state index contributed by atoms with van der Waals surface area (Å²) in [5, 5.41) is 3.31. The molecule has 1 aromatic heterocycles. The van der Waals surface area contributed by atoms with Gasteiger partial charge in [0.15, 0.2) is 0 Å². The fourth-order valence-corrected chi connectivity index (χ4v) is 4.66. The Labute approximate surface area is 197 Å². The Balaban J connectivity index is 1.53. The van der Waals surface area contributed by atoms with Crippen molar-refractivity contribution in [3.05, 3.63) is 68.8 Å². The van der Waals surface area contributed by atoms with Crippen LogP contribution in [0.15, 0.2) is 59.6 Å². The van der Waals surface area contributed by atoms with Crippen molar-refractivity contribution >= 4 is 74.1 Å². The minimum Gasteiger partial charge on any atom is -0.347 e. The molecule has 1 N–H and O–H groups in total. The number of amides is 3. The number of hydrogen-bond acceptors (Lipinski definition) is 4. The van der Waals surface area contributed by atoms with Gasteiger partial charge in [-0.05, 0) is 77.2 Å². The Bertz CT molecular complexity index is 1200. The smallest absolute Gasteiger partial charge is 0.294 e. The number of thioether (sulfide) groups is 1. The summed E-state index contributed by atoms with van der Waals surface area (Å²) in [5.74, 6) is -0.857. The molecular weight excluding hydrogens is 525 g/mol. The van der Waals surface area contributed by atoms with E-state index in [-0.39, 0.29) is 6.54 Å². The summed E-state index contributed by atoms with van der Waals surface area (Å²) in [6.45, 7) is 2.67. The summed E-state index contributed by atoms with van der Waals surface area (Å²) in [5.41, 5.74) is 2.60. The number of fused-ring (bicyclic) bond motifs is 1. The van der Waals surface area contributed by atoms with Gasteiger partial charge in [-0.1, -0.05) is 25.1 Å². The Kier molecular flexibility index (Phi) is 6.47. The molecule has 4 rings (SSSR count). The number of halogens is 1. The van der Waals surface area contributed by atoms with Gasteiger partial charge in [-0.15, -0.1) is 0 Å². The average molecular weight is 545 g/mol. The summed E-state index contributed by atoms with van der Waals surface area (Å²) in [6.07, 6.45) is 4.74. The van der Waals surface area contributed by atoms with Crippen LogP contribution in [0.5, 0.6) is 0 Å². The molecule has 0 saturated carbocycles. The molecule has 2 aromatic carbocycles. The van der Waals surface area contributed by atoms with Gasteiger partial charge in [-0.2, -0.15) is 0 Å². The van der Waals surface area contributed by atoms with Crippen LogP contribution in [0.4, 0.5) is 10.5 Å². The molecule has 6 nitrogen and oxygen atoms in total. The lowest BCUT2D eigenvalue weighted by Gasteiger charge is -2.12. The highest BCUT2D eigenvalue weighted by Crippen LogP contribution is 2.34. The summed E-state index contributed by atoms with van der Waals surface area (Å²) < 4.78 is 3.20. The van der Waals surface area contributed by atoms with Crippen LogP contribution in [0, 0.1) is 3.57 Å². The maximum Gasteiger partial charge on any atom is 0.294 e. The summed E-state index contributed by atoms with van der Waals surface area (Å²) in [6, 6.07) is 15.3. The Morgan fingerprint density at radius 3 is 2.61 bits per heavy atom. The predicted molar refractivity (Wildman–Crippen MR) is 133 cm³/mol. The highest BCUT2D eigenvalue weighted by molar-refractivity contribution is 14.1. The quantitative estimate of drug-likeness (QED) is 0.336. The Morgan fingerprint density at radius 1 is 1.13 bits per heavy atom. The van der Waals surface area contributed by atoms with E-state index in [1.54, 1.807) is 18.2 Å². The zero-order valence-electron chi connectivity index (χ0n) is 16.8. The van der Waals surface area contributed by atoms with Crippen LogP contribution >= 0.6 is 34.4 Å². The molecule has 1 aliphatic rings. The number of imide groups is 1. The molecule has 0 bridgehead atoms. The molecule has 0 aliphatic carbocycles. The molecule has 0 radical (unpaired) electrons. The molecule has 158 valence electrons. The SMILES string of the molecule is CCCn1cc(/C=C2\SC(=O)N(CC(=O)Nc3ccc(I)cc3)C2=O)c2ccccc21. The topological polar surface area (TPSA) is 71.4 Å². The molecule has 2 heterocycles. The van der Waals surface area contributed by atoms with Crippen LogP contribution in [0.2, 0.25) is 0 Å². The van der Waals surface area contributed by atoms with Gasteiger partial charge in [0.05, 0.1) is 4.91 Å². The third-order valence-corrected chi connectivity index (χ3v) is 6.50. The van der Waals surface area contributed by atoms with E-state index < -0.39 is 17.1 Å². The lowest BCUT2D eigenvalue weighted by atomic mass is 10.1. The van der Waals surface area contributed by atoms with Crippen molar-refractivity contribution in [3.8, 4) is 0 Å². The van der Waals surface area contributed by atoms with Crippen molar-refractivity contribution < 1.29 is 14.4 Å². The molecule has 31 heavy (non-hydrogen) atoms. The van der Waals surface area contributed by atoms with E-state index in [1.165, 1.54) is 0 Å². The van der Waals surface area contributed by atoms with Crippen molar-refractivity contribution in [1.29, 1.82) is 0 Å². The number of rotatable bonds is 6. The number of para-hydroxylation sites is 1. The maximum absolute atomic E-state index is 12.8. The first kappa shape index (κ1) is 21.6. The number of hydrogen-bond donors (Lipinski definition) is 1. The van der Waals surface area contributed by atoms with Crippen molar-refractivity contribution in [2.75, 3.05) is 11.9 Å². The molecule has 3 aromatic rings. The number of anilines is 1. The predicted octanol–water partition coefficient (Wildman–Crippen LogP) is 5.33. The number of aryl methyl sites for hydroxylation is 1. The summed E-state index contributed by atoms with van der Waals surface area (Å²) in [7, 11) is 0. The molecular formula is C23H20IN3O3S. The number of benzene rings is 2. The Hall–Kier alpha value is -2.59. The number of carbonyl (C=O) groups is 3. The largest absolute Gasteiger partial charge is 0.347 e. The molecule has 1 saturated heterocycles. The lowest BCUT2D eigenvalue weighted by Crippen LogP contribution is -2.36. The van der Waals surface area contributed by atoms with E-state index >= 15 is 0 Å². The van der Waals surface area contributed by atoms with Crippen LogP contribution < -0.4 is 5.32 Å². The molecule has 3 amide bonds. The minimum atomic E-state index is -0.444. The fraction of sp³-hybridized carbons (Fsp3) is 0.174. The second kappa shape index (κ2) is 9.27. The fourth-order valence-electron chi connectivity index (χ4n) is 3.47. The first-order chi connectivity index (χ1) is 15.0. The van der Waals surface area contributed by atoms with E-state index in [0.29, 0.717) is 10.6 Å². The average Bonchev–Trinajstić information content (AvgIpc) is 3.22.